The van der Waals surface area contributed by atoms with Crippen molar-refractivity contribution < 1.29 is 19.1 Å². The molecule has 1 aliphatic heterocycles. The smallest absolute Gasteiger partial charge is 0.227 e. The van der Waals surface area contributed by atoms with Crippen LogP contribution in [-0.2, 0) is 9.59 Å². The van der Waals surface area contributed by atoms with Gasteiger partial charge in [0.2, 0.25) is 11.8 Å². The monoisotopic (exact) mass is 356 g/mol. The molecule has 1 aliphatic rings. The number of carbonyl (C=O) groups excluding carboxylic acids is 2. The van der Waals surface area contributed by atoms with Gasteiger partial charge in [0, 0.05) is 25.2 Å². The van der Waals surface area contributed by atoms with Crippen molar-refractivity contribution in [3.8, 4) is 0 Å². The van der Waals surface area contributed by atoms with Gasteiger partial charge in [-0.25, -0.2) is 0 Å². The van der Waals surface area contributed by atoms with Gasteiger partial charge in [-0.1, -0.05) is 6.07 Å². The molecule has 1 saturated heterocycles. The number of amides is 2. The largest absolute Gasteiger partial charge is 0.467 e. The maximum Gasteiger partial charge on any atom is 0.227 e. The molecular formula is C20H24N2O4. The molecule has 1 aromatic carbocycles. The first kappa shape index (κ1) is 18.2. The van der Waals surface area contributed by atoms with Crippen molar-refractivity contribution in [2.24, 2.45) is 5.92 Å². The number of nitrogens with one attached hydrogen (secondary N) is 1. The minimum Gasteiger partial charge on any atom is -0.467 e. The van der Waals surface area contributed by atoms with E-state index in [1.807, 2.05) is 32.0 Å². The van der Waals surface area contributed by atoms with E-state index in [0.717, 1.165) is 11.3 Å². The van der Waals surface area contributed by atoms with Gasteiger partial charge in [-0.15, -0.1) is 0 Å². The number of furan rings is 1. The second-order valence-electron chi connectivity index (χ2n) is 6.78. The fourth-order valence-electron chi connectivity index (χ4n) is 3.13. The molecule has 2 atom stereocenters. The zero-order chi connectivity index (χ0) is 18.7. The molecule has 0 bridgehead atoms. The predicted octanol–water partition coefficient (Wildman–Crippen LogP) is 2.49. The summed E-state index contributed by atoms with van der Waals surface area (Å²) < 4.78 is 5.13. The van der Waals surface area contributed by atoms with Crippen molar-refractivity contribution in [1.29, 1.82) is 0 Å². The number of carbonyl (C=O) groups is 2. The number of aliphatic hydroxyl groups excluding tert-OH is 1. The lowest BCUT2D eigenvalue weighted by molar-refractivity contribution is -0.126. The highest BCUT2D eigenvalue weighted by molar-refractivity contribution is 6.00. The van der Waals surface area contributed by atoms with Crippen molar-refractivity contribution >= 4 is 17.5 Å². The molecule has 6 nitrogen and oxygen atoms in total. The molecule has 2 N–H and O–H groups in total. The van der Waals surface area contributed by atoms with Gasteiger partial charge in [0.15, 0.2) is 0 Å². The molecule has 0 radical (unpaired) electrons. The maximum atomic E-state index is 12.4. The second kappa shape index (κ2) is 7.74. The van der Waals surface area contributed by atoms with Crippen LogP contribution in [0, 0.1) is 19.8 Å². The van der Waals surface area contributed by atoms with Crippen LogP contribution < -0.4 is 10.2 Å². The molecule has 0 aliphatic carbocycles. The summed E-state index contributed by atoms with van der Waals surface area (Å²) in [4.78, 5) is 26.4. The number of aliphatic hydroxyl groups is 1. The highest BCUT2D eigenvalue weighted by Gasteiger charge is 2.35. The number of aryl methyl sites for hydroxylation is 2. The van der Waals surface area contributed by atoms with E-state index >= 15 is 0 Å². The van der Waals surface area contributed by atoms with E-state index in [2.05, 4.69) is 5.32 Å². The molecule has 0 unspecified atom stereocenters. The minimum atomic E-state index is -0.748. The third kappa shape index (κ3) is 3.96. The minimum absolute atomic E-state index is 0.0379. The van der Waals surface area contributed by atoms with E-state index in [1.54, 1.807) is 17.0 Å². The molecule has 138 valence electrons. The summed E-state index contributed by atoms with van der Waals surface area (Å²) in [5, 5.41) is 12.8. The Bertz CT molecular complexity index is 785. The molecule has 2 aromatic rings. The summed E-state index contributed by atoms with van der Waals surface area (Å²) in [7, 11) is 0. The van der Waals surface area contributed by atoms with Crippen LogP contribution in [-0.4, -0.2) is 30.0 Å². The summed E-state index contributed by atoms with van der Waals surface area (Å²) in [6.07, 6.45) is 1.32. The van der Waals surface area contributed by atoms with Crippen molar-refractivity contribution in [3.05, 3.63) is 53.5 Å². The topological polar surface area (TPSA) is 82.8 Å². The van der Waals surface area contributed by atoms with Gasteiger partial charge >= 0.3 is 0 Å². The first-order valence-corrected chi connectivity index (χ1v) is 8.82. The Balaban J connectivity index is 1.52. The van der Waals surface area contributed by atoms with Crippen LogP contribution in [0.25, 0.3) is 0 Å². The lowest BCUT2D eigenvalue weighted by Gasteiger charge is -2.18. The lowest BCUT2D eigenvalue weighted by Crippen LogP contribution is -2.34. The summed E-state index contributed by atoms with van der Waals surface area (Å²) in [6, 6.07) is 9.29. The van der Waals surface area contributed by atoms with E-state index in [9.17, 15) is 14.7 Å². The highest BCUT2D eigenvalue weighted by Crippen LogP contribution is 2.27. The molecule has 2 amide bonds. The Kier molecular flexibility index (Phi) is 5.42. The standard InChI is InChI=1S/C20H24N2O4/c1-13-5-6-16(10-14(13)2)22-12-15(11-19(22)24)20(25)21-8-7-17(23)18-4-3-9-26-18/h3-6,9-10,15,17,23H,7-8,11-12H2,1-2H3,(H,21,25)/t15-,17-/m0/s1. The van der Waals surface area contributed by atoms with E-state index in [-0.39, 0.29) is 24.2 Å². The normalized spacial score (nSPS) is 18.2. The van der Waals surface area contributed by atoms with Crippen molar-refractivity contribution in [2.45, 2.75) is 32.8 Å². The Morgan fingerprint density at radius 1 is 1.35 bits per heavy atom. The molecule has 1 fully saturated rings. The van der Waals surface area contributed by atoms with Gasteiger partial charge in [-0.3, -0.25) is 9.59 Å². The van der Waals surface area contributed by atoms with Gasteiger partial charge < -0.3 is 19.7 Å². The van der Waals surface area contributed by atoms with E-state index in [4.69, 9.17) is 4.42 Å². The fraction of sp³-hybridized carbons (Fsp3) is 0.400. The third-order valence-electron chi connectivity index (χ3n) is 4.89. The highest BCUT2D eigenvalue weighted by atomic mass is 16.4. The van der Waals surface area contributed by atoms with Crippen molar-refractivity contribution in [2.75, 3.05) is 18.0 Å². The molecule has 3 rings (SSSR count). The number of anilines is 1. The quantitative estimate of drug-likeness (QED) is 0.833. The average Bonchev–Trinajstić information content (AvgIpc) is 3.27. The van der Waals surface area contributed by atoms with Crippen LogP contribution in [0.5, 0.6) is 0 Å². The molecule has 0 spiro atoms. The average molecular weight is 356 g/mol. The van der Waals surface area contributed by atoms with Crippen LogP contribution in [0.2, 0.25) is 0 Å². The van der Waals surface area contributed by atoms with Crippen molar-refractivity contribution in [3.63, 3.8) is 0 Å². The summed E-state index contributed by atoms with van der Waals surface area (Å²) in [5.74, 6) is -0.0820. The van der Waals surface area contributed by atoms with Crippen molar-refractivity contribution in [1.82, 2.24) is 5.32 Å². The predicted molar refractivity (Wildman–Crippen MR) is 97.7 cm³/mol. The number of nitrogens with zero attached hydrogens (tertiary/aromatic N) is 1. The van der Waals surface area contributed by atoms with Gasteiger partial charge in [0.05, 0.1) is 12.2 Å². The fourth-order valence-corrected chi connectivity index (χ4v) is 3.13. The molecule has 1 aromatic heterocycles. The first-order valence-electron chi connectivity index (χ1n) is 8.82. The van der Waals surface area contributed by atoms with Crippen LogP contribution >= 0.6 is 0 Å². The van der Waals surface area contributed by atoms with E-state index in [1.165, 1.54) is 11.8 Å². The van der Waals surface area contributed by atoms with Gasteiger partial charge in [-0.05, 0) is 55.7 Å². The Morgan fingerprint density at radius 2 is 2.15 bits per heavy atom. The molecule has 2 heterocycles. The lowest BCUT2D eigenvalue weighted by atomic mass is 10.1. The summed E-state index contributed by atoms with van der Waals surface area (Å²) >= 11 is 0. The Hall–Kier alpha value is -2.60. The van der Waals surface area contributed by atoms with Gasteiger partial charge in [0.25, 0.3) is 0 Å². The second-order valence-corrected chi connectivity index (χ2v) is 6.78. The molecule has 6 heteroatoms. The SMILES string of the molecule is Cc1ccc(N2C[C@@H](C(=O)NCC[C@H](O)c3ccco3)CC2=O)cc1C. The number of rotatable bonds is 6. The third-order valence-corrected chi connectivity index (χ3v) is 4.89. The van der Waals surface area contributed by atoms with Gasteiger partial charge in [-0.2, -0.15) is 0 Å². The van der Waals surface area contributed by atoms with Crippen LogP contribution in [0.1, 0.15) is 35.8 Å². The van der Waals surface area contributed by atoms with Gasteiger partial charge in [0.1, 0.15) is 11.9 Å². The number of benzene rings is 1. The van der Waals surface area contributed by atoms with Crippen LogP contribution in [0.15, 0.2) is 41.0 Å². The Labute approximate surface area is 152 Å². The number of hydrogen-bond acceptors (Lipinski definition) is 4. The summed E-state index contributed by atoms with van der Waals surface area (Å²) in [6.45, 7) is 4.75. The van der Waals surface area contributed by atoms with Crippen LogP contribution in [0.4, 0.5) is 5.69 Å². The maximum absolute atomic E-state index is 12.4. The Morgan fingerprint density at radius 3 is 2.85 bits per heavy atom. The summed E-state index contributed by atoms with van der Waals surface area (Å²) in [5.41, 5.74) is 3.13. The molecule has 26 heavy (non-hydrogen) atoms. The molecular weight excluding hydrogens is 332 g/mol. The number of hydrogen-bond donors (Lipinski definition) is 2. The molecule has 0 saturated carbocycles. The zero-order valence-electron chi connectivity index (χ0n) is 15.1. The van der Waals surface area contributed by atoms with E-state index < -0.39 is 6.10 Å². The first-order chi connectivity index (χ1) is 12.5. The van der Waals surface area contributed by atoms with E-state index in [0.29, 0.717) is 25.3 Å². The van der Waals surface area contributed by atoms with Crippen LogP contribution in [0.3, 0.4) is 0 Å². The zero-order valence-corrected chi connectivity index (χ0v) is 15.1.